The number of ether oxygens (including phenoxy) is 1. The van der Waals surface area contributed by atoms with Crippen molar-refractivity contribution in [2.75, 3.05) is 26.5 Å². The summed E-state index contributed by atoms with van der Waals surface area (Å²) >= 11 is 1.70. The van der Waals surface area contributed by atoms with Gasteiger partial charge in [0.25, 0.3) is 0 Å². The normalized spacial score (nSPS) is 16.6. The van der Waals surface area contributed by atoms with Crippen molar-refractivity contribution >= 4 is 11.8 Å². The van der Waals surface area contributed by atoms with Crippen molar-refractivity contribution in [1.82, 2.24) is 5.32 Å². The first-order chi connectivity index (χ1) is 8.73. The molecule has 0 bridgehead atoms. The van der Waals surface area contributed by atoms with Crippen LogP contribution >= 0.6 is 11.8 Å². The van der Waals surface area contributed by atoms with E-state index in [1.165, 1.54) is 10.5 Å². The fourth-order valence-electron chi connectivity index (χ4n) is 2.03. The van der Waals surface area contributed by atoms with Gasteiger partial charge in [0, 0.05) is 30.0 Å². The number of aliphatic hydroxyl groups is 1. The van der Waals surface area contributed by atoms with E-state index in [2.05, 4.69) is 23.7 Å². The molecule has 1 aliphatic carbocycles. The molecule has 0 aliphatic heterocycles. The predicted octanol–water partition coefficient (Wildman–Crippen LogP) is 2.28. The van der Waals surface area contributed by atoms with Crippen LogP contribution in [0.3, 0.4) is 0 Å². The third kappa shape index (κ3) is 3.19. The average Bonchev–Trinajstić information content (AvgIpc) is 3.19. The summed E-state index contributed by atoms with van der Waals surface area (Å²) in [5.74, 6) is 0.931. The van der Waals surface area contributed by atoms with Crippen LogP contribution in [0.1, 0.15) is 18.4 Å². The molecule has 0 aromatic heterocycles. The van der Waals surface area contributed by atoms with Crippen LogP contribution in [-0.2, 0) is 6.54 Å². The van der Waals surface area contributed by atoms with Gasteiger partial charge >= 0.3 is 0 Å². The second-order valence-corrected chi connectivity index (χ2v) is 5.80. The lowest BCUT2D eigenvalue weighted by Crippen LogP contribution is -2.26. The van der Waals surface area contributed by atoms with E-state index >= 15 is 0 Å². The van der Waals surface area contributed by atoms with Gasteiger partial charge in [0.05, 0.1) is 7.11 Å². The number of hydrogen-bond acceptors (Lipinski definition) is 4. The van der Waals surface area contributed by atoms with Crippen molar-refractivity contribution in [3.63, 3.8) is 0 Å². The van der Waals surface area contributed by atoms with Crippen molar-refractivity contribution in [1.29, 1.82) is 0 Å². The second kappa shape index (κ2) is 5.95. The lowest BCUT2D eigenvalue weighted by atomic mass is 10.1. The smallest absolute Gasteiger partial charge is 0.132 e. The van der Waals surface area contributed by atoms with E-state index in [1.807, 2.05) is 6.07 Å². The molecule has 0 unspecified atom stereocenters. The maximum atomic E-state index is 9.24. The van der Waals surface area contributed by atoms with Gasteiger partial charge in [-0.3, -0.25) is 0 Å². The van der Waals surface area contributed by atoms with Crippen molar-refractivity contribution in [2.45, 2.75) is 24.3 Å². The van der Waals surface area contributed by atoms with Gasteiger partial charge in [0.1, 0.15) is 5.75 Å². The first kappa shape index (κ1) is 13.7. The Morgan fingerprint density at radius 3 is 2.78 bits per heavy atom. The predicted molar refractivity (Wildman–Crippen MR) is 75.2 cm³/mol. The first-order valence-corrected chi connectivity index (χ1v) is 7.48. The summed E-state index contributed by atoms with van der Waals surface area (Å²) in [5, 5.41) is 12.7. The largest absolute Gasteiger partial charge is 0.496 e. The molecule has 18 heavy (non-hydrogen) atoms. The fourth-order valence-corrected chi connectivity index (χ4v) is 2.65. The van der Waals surface area contributed by atoms with E-state index in [1.54, 1.807) is 18.9 Å². The van der Waals surface area contributed by atoms with E-state index in [0.29, 0.717) is 6.61 Å². The van der Waals surface area contributed by atoms with Crippen molar-refractivity contribution < 1.29 is 9.84 Å². The Kier molecular flexibility index (Phi) is 4.54. The topological polar surface area (TPSA) is 41.5 Å². The Bertz CT molecular complexity index is 405. The van der Waals surface area contributed by atoms with Crippen LogP contribution in [0.25, 0.3) is 0 Å². The first-order valence-electron chi connectivity index (χ1n) is 6.25. The van der Waals surface area contributed by atoms with Gasteiger partial charge in [-0.2, -0.15) is 0 Å². The van der Waals surface area contributed by atoms with Crippen LogP contribution in [0.2, 0.25) is 0 Å². The number of rotatable bonds is 7. The molecule has 1 aromatic carbocycles. The van der Waals surface area contributed by atoms with Crippen LogP contribution in [0.5, 0.6) is 5.75 Å². The Balaban J connectivity index is 1.89. The molecular weight excluding hydrogens is 246 g/mol. The molecule has 1 aliphatic rings. The molecule has 100 valence electrons. The van der Waals surface area contributed by atoms with Gasteiger partial charge in [0.15, 0.2) is 0 Å². The Labute approximate surface area is 113 Å². The lowest BCUT2D eigenvalue weighted by molar-refractivity contribution is 0.207. The van der Waals surface area contributed by atoms with Crippen molar-refractivity contribution in [3.8, 4) is 5.75 Å². The average molecular weight is 267 g/mol. The Morgan fingerprint density at radius 2 is 2.22 bits per heavy atom. The van der Waals surface area contributed by atoms with E-state index < -0.39 is 0 Å². The highest BCUT2D eigenvalue weighted by Gasteiger charge is 2.41. The summed E-state index contributed by atoms with van der Waals surface area (Å²) in [5.41, 5.74) is 1.43. The summed E-state index contributed by atoms with van der Waals surface area (Å²) in [4.78, 5) is 1.17. The molecule has 1 fully saturated rings. The number of aliphatic hydroxyl groups excluding tert-OH is 1. The molecule has 0 atom stereocenters. The van der Waals surface area contributed by atoms with E-state index in [-0.39, 0.29) is 5.41 Å². The number of thioether (sulfide) groups is 1. The molecule has 2 N–H and O–H groups in total. The molecule has 3 nitrogen and oxygen atoms in total. The summed E-state index contributed by atoms with van der Waals surface area (Å²) in [6.45, 7) is 2.06. The second-order valence-electron chi connectivity index (χ2n) is 4.95. The molecule has 4 heteroatoms. The van der Waals surface area contributed by atoms with Crippen molar-refractivity contribution in [3.05, 3.63) is 23.8 Å². The monoisotopic (exact) mass is 267 g/mol. The molecule has 0 spiro atoms. The van der Waals surface area contributed by atoms with Crippen LogP contribution in [-0.4, -0.2) is 31.6 Å². The highest BCUT2D eigenvalue weighted by atomic mass is 32.2. The zero-order valence-electron chi connectivity index (χ0n) is 11.0. The number of nitrogens with one attached hydrogen (secondary N) is 1. The van der Waals surface area contributed by atoms with E-state index in [9.17, 15) is 5.11 Å². The fraction of sp³-hybridized carbons (Fsp3) is 0.571. The molecule has 0 saturated heterocycles. The zero-order valence-corrected chi connectivity index (χ0v) is 11.8. The highest BCUT2D eigenvalue weighted by Crippen LogP contribution is 2.44. The molecule has 0 amide bonds. The van der Waals surface area contributed by atoms with Gasteiger partial charge in [-0.05, 0) is 36.8 Å². The maximum Gasteiger partial charge on any atom is 0.132 e. The Hall–Kier alpha value is -0.710. The maximum absolute atomic E-state index is 9.24. The SMILES string of the molecule is COc1ccc(CNCC2(CO)CC2)cc1SC. The van der Waals surface area contributed by atoms with E-state index in [4.69, 9.17) is 4.74 Å². The Morgan fingerprint density at radius 1 is 1.44 bits per heavy atom. The van der Waals surface area contributed by atoms with Gasteiger partial charge in [-0.25, -0.2) is 0 Å². The quantitative estimate of drug-likeness (QED) is 0.744. The lowest BCUT2D eigenvalue weighted by Gasteiger charge is -2.13. The van der Waals surface area contributed by atoms with Gasteiger partial charge in [-0.15, -0.1) is 11.8 Å². The van der Waals surface area contributed by atoms with Crippen molar-refractivity contribution in [2.24, 2.45) is 5.41 Å². The summed E-state index contributed by atoms with van der Waals surface area (Å²) in [6, 6.07) is 6.26. The standard InChI is InChI=1S/C14H21NO2S/c1-17-12-4-3-11(7-13(12)18-2)8-15-9-14(10-16)5-6-14/h3-4,7,15-16H,5-6,8-10H2,1-2H3. The summed E-state index contributed by atoms with van der Waals surface area (Å²) in [7, 11) is 1.70. The minimum absolute atomic E-state index is 0.175. The third-order valence-electron chi connectivity index (χ3n) is 3.57. The summed E-state index contributed by atoms with van der Waals surface area (Å²) < 4.78 is 5.30. The van der Waals surface area contributed by atoms with Crippen LogP contribution < -0.4 is 10.1 Å². The number of methoxy groups -OCH3 is 1. The molecule has 1 saturated carbocycles. The number of benzene rings is 1. The van der Waals surface area contributed by atoms with E-state index in [0.717, 1.165) is 31.7 Å². The van der Waals surface area contributed by atoms with Crippen LogP contribution in [0, 0.1) is 5.41 Å². The van der Waals surface area contributed by atoms with Gasteiger partial charge < -0.3 is 15.2 Å². The molecule has 1 aromatic rings. The van der Waals surface area contributed by atoms with Gasteiger partial charge in [0.2, 0.25) is 0 Å². The molecule has 0 heterocycles. The zero-order chi connectivity index (χ0) is 13.0. The molecule has 0 radical (unpaired) electrons. The number of hydrogen-bond donors (Lipinski definition) is 2. The van der Waals surface area contributed by atoms with Gasteiger partial charge in [-0.1, -0.05) is 6.07 Å². The molecular formula is C14H21NO2S. The minimum atomic E-state index is 0.175. The third-order valence-corrected chi connectivity index (χ3v) is 4.33. The summed E-state index contributed by atoms with van der Waals surface area (Å²) in [6.07, 6.45) is 4.35. The molecule has 2 rings (SSSR count). The minimum Gasteiger partial charge on any atom is -0.496 e. The van der Waals surface area contributed by atoms with Crippen LogP contribution in [0.4, 0.5) is 0 Å². The highest BCUT2D eigenvalue weighted by molar-refractivity contribution is 7.98. The van der Waals surface area contributed by atoms with Crippen LogP contribution in [0.15, 0.2) is 23.1 Å².